The highest BCUT2D eigenvalue weighted by Gasteiger charge is 2.31. The quantitative estimate of drug-likeness (QED) is 0.733. The second kappa shape index (κ2) is 5.18. The summed E-state index contributed by atoms with van der Waals surface area (Å²) in [6.07, 6.45) is -0.715. The minimum atomic E-state index is -0.715. The predicted octanol–water partition coefficient (Wildman–Crippen LogP) is -0.268. The van der Waals surface area contributed by atoms with Gasteiger partial charge in [-0.05, 0) is 13.0 Å². The van der Waals surface area contributed by atoms with Crippen molar-refractivity contribution < 1.29 is 19.1 Å². The highest BCUT2D eigenvalue weighted by atomic mass is 16.6. The Morgan fingerprint density at radius 3 is 3.00 bits per heavy atom. The van der Waals surface area contributed by atoms with Gasteiger partial charge in [0.25, 0.3) is 5.91 Å². The number of carbonyl (C=O) groups excluding carboxylic acids is 2. The van der Waals surface area contributed by atoms with Crippen LogP contribution in [-0.4, -0.2) is 59.9 Å². The molecule has 1 amide bonds. The van der Waals surface area contributed by atoms with Crippen LogP contribution in [0.15, 0.2) is 6.07 Å². The molecule has 1 unspecified atom stereocenters. The third-order valence-electron chi connectivity index (χ3n) is 2.74. The van der Waals surface area contributed by atoms with Crippen LogP contribution in [-0.2, 0) is 14.3 Å². The number of aromatic amines is 1. The summed E-state index contributed by atoms with van der Waals surface area (Å²) < 4.78 is 9.86. The summed E-state index contributed by atoms with van der Waals surface area (Å²) in [4.78, 5) is 25.0. The molecule has 1 aromatic rings. The second-order valence-electron chi connectivity index (χ2n) is 4.07. The maximum Gasteiger partial charge on any atom is 0.336 e. The molecule has 1 aliphatic heterocycles. The molecule has 0 spiro atoms. The first-order valence-electron chi connectivity index (χ1n) is 5.62. The maximum atomic E-state index is 12.1. The number of hydrogen-bond donors (Lipinski definition) is 1. The first kappa shape index (κ1) is 12.6. The SMILES string of the molecule is COC(=O)C1CN(C(=O)c2cc(C)[nH]n2)CCO1. The Bertz CT molecular complexity index is 457. The van der Waals surface area contributed by atoms with Gasteiger partial charge in [-0.1, -0.05) is 0 Å². The Morgan fingerprint density at radius 2 is 2.39 bits per heavy atom. The summed E-state index contributed by atoms with van der Waals surface area (Å²) in [5.74, 6) is -0.678. The average Bonchev–Trinajstić information content (AvgIpc) is 2.83. The number of amides is 1. The number of carbonyl (C=O) groups is 2. The number of aromatic nitrogens is 2. The Balaban J connectivity index is 2.05. The fourth-order valence-corrected chi connectivity index (χ4v) is 1.80. The lowest BCUT2D eigenvalue weighted by Gasteiger charge is -2.30. The fourth-order valence-electron chi connectivity index (χ4n) is 1.80. The zero-order chi connectivity index (χ0) is 13.1. The minimum Gasteiger partial charge on any atom is -0.467 e. The van der Waals surface area contributed by atoms with Gasteiger partial charge in [0.1, 0.15) is 5.69 Å². The zero-order valence-corrected chi connectivity index (χ0v) is 10.3. The van der Waals surface area contributed by atoms with Crippen molar-refractivity contribution in [3.05, 3.63) is 17.5 Å². The first-order valence-corrected chi connectivity index (χ1v) is 5.62. The van der Waals surface area contributed by atoms with Crippen LogP contribution in [0.4, 0.5) is 0 Å². The van der Waals surface area contributed by atoms with Crippen LogP contribution < -0.4 is 0 Å². The summed E-state index contributed by atoms with van der Waals surface area (Å²) in [6, 6.07) is 1.67. The molecule has 0 aliphatic carbocycles. The lowest BCUT2D eigenvalue weighted by atomic mass is 10.2. The van der Waals surface area contributed by atoms with Gasteiger partial charge < -0.3 is 14.4 Å². The van der Waals surface area contributed by atoms with Gasteiger partial charge in [0.2, 0.25) is 0 Å². The van der Waals surface area contributed by atoms with E-state index in [0.29, 0.717) is 18.8 Å². The van der Waals surface area contributed by atoms with Crippen molar-refractivity contribution in [2.24, 2.45) is 0 Å². The maximum absolute atomic E-state index is 12.1. The molecule has 7 nitrogen and oxygen atoms in total. The molecule has 98 valence electrons. The normalized spacial score (nSPS) is 19.7. The van der Waals surface area contributed by atoms with Crippen molar-refractivity contribution in [1.82, 2.24) is 15.1 Å². The van der Waals surface area contributed by atoms with Crippen LogP contribution in [0.2, 0.25) is 0 Å². The van der Waals surface area contributed by atoms with Crippen LogP contribution in [0.25, 0.3) is 0 Å². The van der Waals surface area contributed by atoms with Crippen molar-refractivity contribution in [3.63, 3.8) is 0 Å². The molecule has 0 saturated carbocycles. The number of nitrogens with one attached hydrogen (secondary N) is 1. The number of aryl methyl sites for hydroxylation is 1. The average molecular weight is 253 g/mol. The molecular weight excluding hydrogens is 238 g/mol. The van der Waals surface area contributed by atoms with E-state index in [-0.39, 0.29) is 12.5 Å². The number of esters is 1. The molecular formula is C11H15N3O4. The van der Waals surface area contributed by atoms with Gasteiger partial charge in [-0.3, -0.25) is 9.89 Å². The third-order valence-corrected chi connectivity index (χ3v) is 2.74. The molecule has 1 atom stereocenters. The van der Waals surface area contributed by atoms with E-state index in [1.807, 2.05) is 6.92 Å². The van der Waals surface area contributed by atoms with Crippen LogP contribution in [0.3, 0.4) is 0 Å². The molecule has 0 aromatic carbocycles. The Hall–Kier alpha value is -1.89. The lowest BCUT2D eigenvalue weighted by molar-refractivity contribution is -0.158. The van der Waals surface area contributed by atoms with Crippen LogP contribution >= 0.6 is 0 Å². The number of rotatable bonds is 2. The predicted molar refractivity (Wildman–Crippen MR) is 61.0 cm³/mol. The smallest absolute Gasteiger partial charge is 0.336 e. The molecule has 18 heavy (non-hydrogen) atoms. The topological polar surface area (TPSA) is 84.5 Å². The molecule has 0 bridgehead atoms. The molecule has 1 aliphatic rings. The van der Waals surface area contributed by atoms with Gasteiger partial charge in [-0.15, -0.1) is 0 Å². The zero-order valence-electron chi connectivity index (χ0n) is 10.3. The molecule has 1 aromatic heterocycles. The second-order valence-corrected chi connectivity index (χ2v) is 4.07. The molecule has 1 fully saturated rings. The van der Waals surface area contributed by atoms with Crippen LogP contribution in [0.1, 0.15) is 16.2 Å². The molecule has 0 radical (unpaired) electrons. The van der Waals surface area contributed by atoms with E-state index in [1.165, 1.54) is 7.11 Å². The van der Waals surface area contributed by atoms with Crippen molar-refractivity contribution in [3.8, 4) is 0 Å². The molecule has 7 heteroatoms. The van der Waals surface area contributed by atoms with E-state index >= 15 is 0 Å². The van der Waals surface area contributed by atoms with Gasteiger partial charge in [-0.25, -0.2) is 4.79 Å². The Kier molecular flexibility index (Phi) is 3.61. The summed E-state index contributed by atoms with van der Waals surface area (Å²) in [5, 5.41) is 6.62. The number of nitrogens with zero attached hydrogens (tertiary/aromatic N) is 2. The number of methoxy groups -OCH3 is 1. The van der Waals surface area contributed by atoms with E-state index in [0.717, 1.165) is 5.69 Å². The van der Waals surface area contributed by atoms with Crippen molar-refractivity contribution >= 4 is 11.9 Å². The summed E-state index contributed by atoms with van der Waals surface area (Å²) in [5.41, 5.74) is 1.16. The number of morpholine rings is 1. The largest absolute Gasteiger partial charge is 0.467 e. The Labute approximate surface area is 104 Å². The third kappa shape index (κ3) is 2.51. The molecule has 2 heterocycles. The van der Waals surface area contributed by atoms with Gasteiger partial charge in [0, 0.05) is 12.2 Å². The van der Waals surface area contributed by atoms with Gasteiger partial charge in [-0.2, -0.15) is 5.10 Å². The van der Waals surface area contributed by atoms with Gasteiger partial charge in [0.05, 0.1) is 20.3 Å². The van der Waals surface area contributed by atoms with Gasteiger partial charge >= 0.3 is 5.97 Å². The number of ether oxygens (including phenoxy) is 2. The molecule has 2 rings (SSSR count). The van der Waals surface area contributed by atoms with E-state index in [9.17, 15) is 9.59 Å². The minimum absolute atomic E-state index is 0.192. The summed E-state index contributed by atoms with van der Waals surface area (Å²) in [7, 11) is 1.30. The van der Waals surface area contributed by atoms with Crippen LogP contribution in [0.5, 0.6) is 0 Å². The fraction of sp³-hybridized carbons (Fsp3) is 0.545. The van der Waals surface area contributed by atoms with Crippen molar-refractivity contribution in [1.29, 1.82) is 0 Å². The lowest BCUT2D eigenvalue weighted by Crippen LogP contribution is -2.49. The first-order chi connectivity index (χ1) is 8.61. The monoisotopic (exact) mass is 253 g/mol. The highest BCUT2D eigenvalue weighted by molar-refractivity contribution is 5.92. The van der Waals surface area contributed by atoms with Crippen LogP contribution in [0, 0.1) is 6.92 Å². The van der Waals surface area contributed by atoms with E-state index < -0.39 is 12.1 Å². The number of hydrogen-bond acceptors (Lipinski definition) is 5. The molecule has 1 N–H and O–H groups in total. The summed E-state index contributed by atoms with van der Waals surface area (Å²) >= 11 is 0. The Morgan fingerprint density at radius 1 is 1.61 bits per heavy atom. The van der Waals surface area contributed by atoms with Gasteiger partial charge in [0.15, 0.2) is 6.10 Å². The molecule has 1 saturated heterocycles. The van der Waals surface area contributed by atoms with E-state index in [4.69, 9.17) is 4.74 Å². The number of H-pyrrole nitrogens is 1. The van der Waals surface area contributed by atoms with E-state index in [2.05, 4.69) is 14.9 Å². The van der Waals surface area contributed by atoms with Crippen molar-refractivity contribution in [2.45, 2.75) is 13.0 Å². The summed E-state index contributed by atoms with van der Waals surface area (Å²) in [6.45, 7) is 2.77. The van der Waals surface area contributed by atoms with E-state index in [1.54, 1.807) is 11.0 Å². The van der Waals surface area contributed by atoms with Crippen molar-refractivity contribution in [2.75, 3.05) is 26.8 Å². The standard InChI is InChI=1S/C11H15N3O4/c1-7-5-8(13-12-7)10(15)14-3-4-18-9(6-14)11(16)17-2/h5,9H,3-4,6H2,1-2H3,(H,12,13). The highest BCUT2D eigenvalue weighted by Crippen LogP contribution is 2.10.